The first-order chi connectivity index (χ1) is 5.74. The number of hydrogen-bond acceptors (Lipinski definition) is 2. The van der Waals surface area contributed by atoms with Gasteiger partial charge in [0.2, 0.25) is 12.4 Å². The van der Waals surface area contributed by atoms with Crippen molar-refractivity contribution in [3.05, 3.63) is 34.3 Å². The van der Waals surface area contributed by atoms with Gasteiger partial charge in [-0.1, -0.05) is 28.1 Å². The third-order valence-corrected chi connectivity index (χ3v) is 1.84. The van der Waals surface area contributed by atoms with E-state index in [4.69, 9.17) is 0 Å². The summed E-state index contributed by atoms with van der Waals surface area (Å²) in [6.07, 6.45) is -0.432. The largest absolute Gasteiger partial charge is 0.238 e. The maximum atomic E-state index is 12.8. The highest BCUT2D eigenvalue weighted by atomic mass is 79.9. The Morgan fingerprint density at radius 2 is 2.00 bits per heavy atom. The Morgan fingerprint density at radius 3 is 2.50 bits per heavy atom. The van der Waals surface area contributed by atoms with E-state index in [-0.39, 0.29) is 0 Å². The Bertz CT molecular complexity index is 305. The molecule has 0 aliphatic rings. The SMILES string of the molecule is O=C=NC(F)c1ccc(Br)cc1. The van der Waals surface area contributed by atoms with Crippen LogP contribution >= 0.6 is 15.9 Å². The van der Waals surface area contributed by atoms with Gasteiger partial charge >= 0.3 is 0 Å². The summed E-state index contributed by atoms with van der Waals surface area (Å²) in [4.78, 5) is 12.7. The van der Waals surface area contributed by atoms with E-state index < -0.39 is 6.30 Å². The van der Waals surface area contributed by atoms with Crippen LogP contribution in [0.3, 0.4) is 0 Å². The minimum Gasteiger partial charge on any atom is -0.215 e. The molecule has 1 rings (SSSR count). The maximum absolute atomic E-state index is 12.8. The van der Waals surface area contributed by atoms with E-state index >= 15 is 0 Å². The Hall–Kier alpha value is -0.990. The second kappa shape index (κ2) is 4.14. The molecule has 2 nitrogen and oxygen atoms in total. The number of halogens is 2. The van der Waals surface area contributed by atoms with Gasteiger partial charge in [-0.2, -0.15) is 4.99 Å². The molecule has 4 heteroatoms. The number of benzene rings is 1. The molecule has 1 aromatic rings. The first kappa shape index (κ1) is 9.10. The zero-order valence-electron chi connectivity index (χ0n) is 6.00. The van der Waals surface area contributed by atoms with Crippen molar-refractivity contribution in [2.45, 2.75) is 6.30 Å². The predicted molar refractivity (Wildman–Crippen MR) is 46.1 cm³/mol. The van der Waals surface area contributed by atoms with Crippen molar-refractivity contribution in [1.82, 2.24) is 0 Å². The van der Waals surface area contributed by atoms with Gasteiger partial charge in [0.25, 0.3) is 0 Å². The molecule has 0 aliphatic heterocycles. The molecular formula is C8H5BrFNO. The van der Waals surface area contributed by atoms with Crippen LogP contribution in [-0.2, 0) is 4.79 Å². The van der Waals surface area contributed by atoms with E-state index in [0.717, 1.165) is 4.47 Å². The van der Waals surface area contributed by atoms with Crippen LogP contribution in [0.4, 0.5) is 4.39 Å². The summed E-state index contributed by atoms with van der Waals surface area (Å²) >= 11 is 3.20. The molecule has 1 aromatic carbocycles. The second-order valence-corrected chi connectivity index (χ2v) is 3.02. The average Bonchev–Trinajstić information content (AvgIpc) is 2.06. The van der Waals surface area contributed by atoms with Gasteiger partial charge in [0.15, 0.2) is 0 Å². The molecule has 0 fully saturated rings. The fourth-order valence-electron chi connectivity index (χ4n) is 0.742. The van der Waals surface area contributed by atoms with Crippen LogP contribution in [0.1, 0.15) is 11.9 Å². The van der Waals surface area contributed by atoms with E-state index in [0.29, 0.717) is 5.56 Å². The summed E-state index contributed by atoms with van der Waals surface area (Å²) in [7, 11) is 0. The van der Waals surface area contributed by atoms with Crippen molar-refractivity contribution >= 4 is 22.0 Å². The minimum absolute atomic E-state index is 0.349. The maximum Gasteiger partial charge on any atom is 0.238 e. The van der Waals surface area contributed by atoms with Crippen LogP contribution in [0, 0.1) is 0 Å². The van der Waals surface area contributed by atoms with Crippen LogP contribution in [0.15, 0.2) is 33.7 Å². The molecule has 0 amide bonds. The van der Waals surface area contributed by atoms with Gasteiger partial charge in [0.1, 0.15) is 0 Å². The lowest BCUT2D eigenvalue weighted by Gasteiger charge is -1.99. The first-order valence-corrected chi connectivity index (χ1v) is 4.00. The number of hydrogen-bond donors (Lipinski definition) is 0. The molecule has 12 heavy (non-hydrogen) atoms. The van der Waals surface area contributed by atoms with Gasteiger partial charge < -0.3 is 0 Å². The Labute approximate surface area is 77.3 Å². The molecule has 1 unspecified atom stereocenters. The highest BCUT2D eigenvalue weighted by Gasteiger charge is 2.05. The zero-order chi connectivity index (χ0) is 8.97. The predicted octanol–water partition coefficient (Wildman–Crippen LogP) is 2.75. The number of aliphatic imine (C=N–C) groups is 1. The molecule has 0 bridgehead atoms. The van der Waals surface area contributed by atoms with Crippen molar-refractivity contribution < 1.29 is 9.18 Å². The monoisotopic (exact) mass is 229 g/mol. The normalized spacial score (nSPS) is 11.8. The summed E-state index contributed by atoms with van der Waals surface area (Å²) in [5, 5.41) is 0. The summed E-state index contributed by atoms with van der Waals surface area (Å²) in [6.45, 7) is 0. The molecular weight excluding hydrogens is 225 g/mol. The van der Waals surface area contributed by atoms with Crippen molar-refractivity contribution in [1.29, 1.82) is 0 Å². The van der Waals surface area contributed by atoms with Crippen LogP contribution in [-0.4, -0.2) is 6.08 Å². The Morgan fingerprint density at radius 1 is 1.42 bits per heavy atom. The Balaban J connectivity index is 2.89. The van der Waals surface area contributed by atoms with Crippen LogP contribution in [0.2, 0.25) is 0 Å². The quantitative estimate of drug-likeness (QED) is 0.436. The van der Waals surface area contributed by atoms with Gasteiger partial charge in [-0.05, 0) is 12.1 Å². The van der Waals surface area contributed by atoms with Gasteiger partial charge in [-0.15, -0.1) is 0 Å². The van der Waals surface area contributed by atoms with Gasteiger partial charge in [0.05, 0.1) is 0 Å². The Kier molecular flexibility index (Phi) is 3.14. The molecule has 62 valence electrons. The third-order valence-electron chi connectivity index (χ3n) is 1.31. The molecule has 0 aliphatic carbocycles. The first-order valence-electron chi connectivity index (χ1n) is 3.20. The number of isocyanates is 1. The lowest BCUT2D eigenvalue weighted by Crippen LogP contribution is -1.85. The standard InChI is InChI=1S/C8H5BrFNO/c9-7-3-1-6(2-4-7)8(10)11-5-12/h1-4,8H. The molecule has 0 saturated carbocycles. The van der Waals surface area contributed by atoms with Gasteiger partial charge in [0, 0.05) is 10.0 Å². The molecule has 1 atom stereocenters. The summed E-state index contributed by atoms with van der Waals surface area (Å²) < 4.78 is 13.7. The topological polar surface area (TPSA) is 29.4 Å². The number of rotatable bonds is 2. The summed E-state index contributed by atoms with van der Waals surface area (Å²) in [5.41, 5.74) is 0.349. The van der Waals surface area contributed by atoms with Crippen LogP contribution in [0.5, 0.6) is 0 Å². The van der Waals surface area contributed by atoms with Crippen LogP contribution in [0.25, 0.3) is 0 Å². The van der Waals surface area contributed by atoms with Crippen molar-refractivity contribution in [2.75, 3.05) is 0 Å². The molecule has 0 saturated heterocycles. The fraction of sp³-hybridized carbons (Fsp3) is 0.125. The highest BCUT2D eigenvalue weighted by molar-refractivity contribution is 9.10. The second-order valence-electron chi connectivity index (χ2n) is 2.11. The zero-order valence-corrected chi connectivity index (χ0v) is 7.58. The van der Waals surface area contributed by atoms with E-state index in [1.807, 2.05) is 0 Å². The minimum atomic E-state index is -1.60. The van der Waals surface area contributed by atoms with Crippen LogP contribution < -0.4 is 0 Å². The smallest absolute Gasteiger partial charge is 0.215 e. The molecule has 0 radical (unpaired) electrons. The van der Waals surface area contributed by atoms with Crippen molar-refractivity contribution in [3.63, 3.8) is 0 Å². The van der Waals surface area contributed by atoms with E-state index in [2.05, 4.69) is 20.9 Å². The summed E-state index contributed by atoms with van der Waals surface area (Å²) in [5.74, 6) is 0. The number of nitrogens with zero attached hydrogens (tertiary/aromatic N) is 1. The lowest BCUT2D eigenvalue weighted by molar-refractivity contribution is 0.356. The number of alkyl halides is 1. The molecule has 0 N–H and O–H groups in total. The van der Waals surface area contributed by atoms with E-state index in [1.165, 1.54) is 6.08 Å². The van der Waals surface area contributed by atoms with E-state index in [1.54, 1.807) is 24.3 Å². The highest BCUT2D eigenvalue weighted by Crippen LogP contribution is 2.20. The van der Waals surface area contributed by atoms with Gasteiger partial charge in [-0.3, -0.25) is 0 Å². The van der Waals surface area contributed by atoms with E-state index in [9.17, 15) is 9.18 Å². The molecule has 0 aromatic heterocycles. The number of carbonyl (C=O) groups excluding carboxylic acids is 1. The molecule has 0 heterocycles. The molecule has 0 spiro atoms. The van der Waals surface area contributed by atoms with Crippen molar-refractivity contribution in [2.24, 2.45) is 4.99 Å². The third kappa shape index (κ3) is 2.26. The van der Waals surface area contributed by atoms with Gasteiger partial charge in [-0.25, -0.2) is 9.18 Å². The fourth-order valence-corrected chi connectivity index (χ4v) is 1.01. The lowest BCUT2D eigenvalue weighted by atomic mass is 10.2. The van der Waals surface area contributed by atoms with Crippen molar-refractivity contribution in [3.8, 4) is 0 Å². The summed E-state index contributed by atoms with van der Waals surface area (Å²) in [6, 6.07) is 6.47. The average molecular weight is 230 g/mol.